The highest BCUT2D eigenvalue weighted by atomic mass is 35.5. The summed E-state index contributed by atoms with van der Waals surface area (Å²) in [5.41, 5.74) is 0.543. The zero-order valence-electron chi connectivity index (χ0n) is 8.71. The zero-order valence-corrected chi connectivity index (χ0v) is 10.2. The molecule has 0 aliphatic rings. The second kappa shape index (κ2) is 6.36. The number of hydrogen-bond acceptors (Lipinski definition) is 1. The Labute approximate surface area is 105 Å². The van der Waals surface area contributed by atoms with Gasteiger partial charge in [-0.1, -0.05) is 41.4 Å². The van der Waals surface area contributed by atoms with E-state index in [4.69, 9.17) is 23.2 Å². The van der Waals surface area contributed by atoms with Crippen molar-refractivity contribution in [2.24, 2.45) is 0 Å². The van der Waals surface area contributed by atoms with Crippen LogP contribution in [0.5, 0.6) is 0 Å². The second-order valence-corrected chi connectivity index (χ2v) is 3.84. The average molecular weight is 256 g/mol. The van der Waals surface area contributed by atoms with Gasteiger partial charge in [-0.2, -0.15) is 0 Å². The normalized spacial score (nSPS) is 11.2. The molecule has 16 heavy (non-hydrogen) atoms. The van der Waals surface area contributed by atoms with Crippen LogP contribution in [0.15, 0.2) is 42.5 Å². The van der Waals surface area contributed by atoms with Crippen molar-refractivity contribution >= 4 is 34.8 Å². The number of hydrogen-bond donors (Lipinski definition) is 1. The molecule has 0 saturated carbocycles. The van der Waals surface area contributed by atoms with Crippen molar-refractivity contribution in [3.63, 3.8) is 0 Å². The average Bonchev–Trinajstić information content (AvgIpc) is 2.23. The van der Waals surface area contributed by atoms with Crippen LogP contribution in [0.3, 0.4) is 0 Å². The summed E-state index contributed by atoms with van der Waals surface area (Å²) in [4.78, 5) is 11.4. The van der Waals surface area contributed by atoms with Crippen molar-refractivity contribution < 1.29 is 4.79 Å². The molecule has 0 bridgehead atoms. The standard InChI is InChI=1S/C12H11Cl2NO/c1-2-3-4-5-12(16)15-11-7-6-9(13)8-10(11)14/h2-8H,1H3,(H,15,16). The zero-order chi connectivity index (χ0) is 12.0. The van der Waals surface area contributed by atoms with Crippen molar-refractivity contribution in [2.45, 2.75) is 6.92 Å². The SMILES string of the molecule is CC=CC=CC(=O)Nc1ccc(Cl)cc1Cl. The van der Waals surface area contributed by atoms with Crippen molar-refractivity contribution in [1.82, 2.24) is 0 Å². The third-order valence-electron chi connectivity index (χ3n) is 1.74. The van der Waals surface area contributed by atoms with Crippen molar-refractivity contribution in [3.8, 4) is 0 Å². The first-order valence-electron chi connectivity index (χ1n) is 4.69. The highest BCUT2D eigenvalue weighted by molar-refractivity contribution is 6.36. The molecule has 0 heterocycles. The van der Waals surface area contributed by atoms with Crippen molar-refractivity contribution in [1.29, 1.82) is 0 Å². The summed E-state index contributed by atoms with van der Waals surface area (Å²) in [6, 6.07) is 4.90. The summed E-state index contributed by atoms with van der Waals surface area (Å²) in [6.07, 6.45) is 6.67. The molecule has 0 aliphatic carbocycles. The highest BCUT2D eigenvalue weighted by Gasteiger charge is 2.02. The maximum absolute atomic E-state index is 11.4. The van der Waals surface area contributed by atoms with Gasteiger partial charge in [-0.25, -0.2) is 0 Å². The fourth-order valence-electron chi connectivity index (χ4n) is 1.02. The van der Waals surface area contributed by atoms with Gasteiger partial charge in [-0.3, -0.25) is 4.79 Å². The summed E-state index contributed by atoms with van der Waals surface area (Å²) in [5, 5.41) is 3.60. The summed E-state index contributed by atoms with van der Waals surface area (Å²) in [5.74, 6) is -0.234. The summed E-state index contributed by atoms with van der Waals surface area (Å²) >= 11 is 11.6. The van der Waals surface area contributed by atoms with Crippen LogP contribution in [0, 0.1) is 0 Å². The molecule has 4 heteroatoms. The van der Waals surface area contributed by atoms with Gasteiger partial charge in [0, 0.05) is 11.1 Å². The number of amides is 1. The highest BCUT2D eigenvalue weighted by Crippen LogP contribution is 2.25. The minimum absolute atomic E-state index is 0.234. The summed E-state index contributed by atoms with van der Waals surface area (Å²) in [7, 11) is 0. The van der Waals surface area contributed by atoms with Gasteiger partial charge >= 0.3 is 0 Å². The number of allylic oxidation sites excluding steroid dienone is 3. The van der Waals surface area contributed by atoms with Gasteiger partial charge in [0.1, 0.15) is 0 Å². The van der Waals surface area contributed by atoms with Crippen LogP contribution >= 0.6 is 23.2 Å². The van der Waals surface area contributed by atoms with Gasteiger partial charge < -0.3 is 5.32 Å². The maximum Gasteiger partial charge on any atom is 0.248 e. The van der Waals surface area contributed by atoms with E-state index in [9.17, 15) is 4.79 Å². The maximum atomic E-state index is 11.4. The fraction of sp³-hybridized carbons (Fsp3) is 0.0833. The van der Waals surface area contributed by atoms with E-state index in [-0.39, 0.29) is 5.91 Å². The predicted molar refractivity (Wildman–Crippen MR) is 69.0 cm³/mol. The topological polar surface area (TPSA) is 29.1 Å². The molecule has 0 unspecified atom stereocenters. The molecule has 1 aromatic rings. The molecule has 0 aliphatic heterocycles. The van der Waals surface area contributed by atoms with Crippen LogP contribution in [0.4, 0.5) is 5.69 Å². The van der Waals surface area contributed by atoms with E-state index < -0.39 is 0 Å². The monoisotopic (exact) mass is 255 g/mol. The Morgan fingerprint density at radius 2 is 2.06 bits per heavy atom. The molecular weight excluding hydrogens is 245 g/mol. The lowest BCUT2D eigenvalue weighted by atomic mass is 10.3. The van der Waals surface area contributed by atoms with E-state index in [1.807, 2.05) is 13.0 Å². The third kappa shape index (κ3) is 4.09. The quantitative estimate of drug-likeness (QED) is 0.641. The Kier molecular flexibility index (Phi) is 5.09. The van der Waals surface area contributed by atoms with E-state index in [1.165, 1.54) is 6.08 Å². The van der Waals surface area contributed by atoms with Gasteiger partial charge in [0.05, 0.1) is 10.7 Å². The van der Waals surface area contributed by atoms with Gasteiger partial charge in [0.25, 0.3) is 0 Å². The minimum atomic E-state index is -0.234. The first kappa shape index (κ1) is 12.8. The lowest BCUT2D eigenvalue weighted by molar-refractivity contribution is -0.111. The number of carbonyl (C=O) groups is 1. The van der Waals surface area contributed by atoms with Gasteiger partial charge in [-0.15, -0.1) is 0 Å². The van der Waals surface area contributed by atoms with E-state index in [1.54, 1.807) is 30.4 Å². The molecule has 0 spiro atoms. The third-order valence-corrected chi connectivity index (χ3v) is 2.29. The summed E-state index contributed by atoms with van der Waals surface area (Å²) < 4.78 is 0. The predicted octanol–water partition coefficient (Wildman–Crippen LogP) is 4.06. The summed E-state index contributed by atoms with van der Waals surface area (Å²) in [6.45, 7) is 1.87. The van der Waals surface area contributed by atoms with Crippen molar-refractivity contribution in [3.05, 3.63) is 52.5 Å². The molecule has 0 radical (unpaired) electrons. The Morgan fingerprint density at radius 1 is 1.31 bits per heavy atom. The molecule has 0 saturated heterocycles. The Morgan fingerprint density at radius 3 is 2.69 bits per heavy atom. The van der Waals surface area contributed by atoms with Crippen LogP contribution in [0.2, 0.25) is 10.0 Å². The van der Waals surface area contributed by atoms with E-state index in [2.05, 4.69) is 5.32 Å². The lowest BCUT2D eigenvalue weighted by Gasteiger charge is -2.04. The fourth-order valence-corrected chi connectivity index (χ4v) is 1.48. The Hall–Kier alpha value is -1.25. The number of carbonyl (C=O) groups excluding carboxylic acids is 1. The number of benzene rings is 1. The number of nitrogens with one attached hydrogen (secondary N) is 1. The van der Waals surface area contributed by atoms with E-state index in [0.29, 0.717) is 15.7 Å². The molecule has 0 atom stereocenters. The van der Waals surface area contributed by atoms with Crippen LogP contribution in [0.1, 0.15) is 6.92 Å². The molecule has 0 aromatic heterocycles. The van der Waals surface area contributed by atoms with Gasteiger partial charge in [0.2, 0.25) is 5.91 Å². The Balaban J connectivity index is 2.70. The van der Waals surface area contributed by atoms with Gasteiger partial charge in [0.15, 0.2) is 0 Å². The molecule has 0 fully saturated rings. The second-order valence-electron chi connectivity index (χ2n) is 3.00. The van der Waals surface area contributed by atoms with Crippen LogP contribution in [-0.2, 0) is 4.79 Å². The molecule has 84 valence electrons. The van der Waals surface area contributed by atoms with Crippen LogP contribution in [0.25, 0.3) is 0 Å². The lowest BCUT2D eigenvalue weighted by Crippen LogP contribution is -2.07. The Bertz CT molecular complexity index is 439. The molecule has 1 rings (SSSR count). The molecule has 1 aromatic carbocycles. The van der Waals surface area contributed by atoms with Crippen LogP contribution < -0.4 is 5.32 Å². The van der Waals surface area contributed by atoms with Gasteiger partial charge in [-0.05, 0) is 25.1 Å². The number of rotatable bonds is 3. The molecule has 1 amide bonds. The van der Waals surface area contributed by atoms with E-state index in [0.717, 1.165) is 0 Å². The number of halogens is 2. The first-order chi connectivity index (χ1) is 7.63. The number of anilines is 1. The largest absolute Gasteiger partial charge is 0.321 e. The van der Waals surface area contributed by atoms with Crippen molar-refractivity contribution in [2.75, 3.05) is 5.32 Å². The first-order valence-corrected chi connectivity index (χ1v) is 5.44. The van der Waals surface area contributed by atoms with E-state index >= 15 is 0 Å². The molecule has 2 nitrogen and oxygen atoms in total. The van der Waals surface area contributed by atoms with Crippen LogP contribution in [-0.4, -0.2) is 5.91 Å². The molecular formula is C12H11Cl2NO. The molecule has 1 N–H and O–H groups in total. The smallest absolute Gasteiger partial charge is 0.248 e. The minimum Gasteiger partial charge on any atom is -0.321 e.